The highest BCUT2D eigenvalue weighted by Crippen LogP contribution is 2.23. The third-order valence-corrected chi connectivity index (χ3v) is 2.47. The Labute approximate surface area is 113 Å². The van der Waals surface area contributed by atoms with Gasteiger partial charge in [0, 0.05) is 12.6 Å². The summed E-state index contributed by atoms with van der Waals surface area (Å²) in [6, 6.07) is 10.2. The molecule has 0 bridgehead atoms. The predicted octanol–water partition coefficient (Wildman–Crippen LogP) is 3.41. The number of ketones is 1. The first-order valence-corrected chi connectivity index (χ1v) is 5.73. The zero-order valence-corrected chi connectivity index (χ0v) is 10.2. The fraction of sp³-hybridized carbons (Fsp3) is 0.143. The zero-order chi connectivity index (χ0) is 14.6. The number of pyridine rings is 1. The van der Waals surface area contributed by atoms with Crippen LogP contribution in [-0.2, 0) is 6.42 Å². The Kier molecular flexibility index (Phi) is 4.02. The summed E-state index contributed by atoms with van der Waals surface area (Å²) in [6.45, 7) is 0. The average molecular weight is 281 g/mol. The third kappa shape index (κ3) is 4.08. The summed E-state index contributed by atoms with van der Waals surface area (Å²) in [5, 5.41) is 0. The van der Waals surface area contributed by atoms with E-state index in [-0.39, 0.29) is 18.0 Å². The lowest BCUT2D eigenvalue weighted by Crippen LogP contribution is -2.17. The summed E-state index contributed by atoms with van der Waals surface area (Å²) in [6.07, 6.45) is -3.14. The molecule has 6 heteroatoms. The summed E-state index contributed by atoms with van der Waals surface area (Å²) in [7, 11) is 0. The van der Waals surface area contributed by atoms with Crippen LogP contribution in [0.15, 0.2) is 48.7 Å². The molecule has 0 unspecified atom stereocenters. The fourth-order valence-electron chi connectivity index (χ4n) is 1.61. The van der Waals surface area contributed by atoms with E-state index in [1.165, 1.54) is 30.5 Å². The number of alkyl halides is 3. The minimum absolute atomic E-state index is 0.0727. The molecular weight excluding hydrogens is 271 g/mol. The van der Waals surface area contributed by atoms with Gasteiger partial charge in [-0.15, -0.1) is 13.2 Å². The van der Waals surface area contributed by atoms with Gasteiger partial charge in [-0.1, -0.05) is 18.2 Å². The van der Waals surface area contributed by atoms with Crippen molar-refractivity contribution >= 4 is 5.78 Å². The molecule has 0 aliphatic carbocycles. The largest absolute Gasteiger partial charge is 0.573 e. The van der Waals surface area contributed by atoms with Crippen LogP contribution < -0.4 is 4.74 Å². The summed E-state index contributed by atoms with van der Waals surface area (Å²) < 4.78 is 39.7. The molecule has 0 aliphatic rings. The number of aromatic nitrogens is 1. The molecule has 0 saturated heterocycles. The van der Waals surface area contributed by atoms with Crippen molar-refractivity contribution in [1.29, 1.82) is 0 Å². The quantitative estimate of drug-likeness (QED) is 0.806. The van der Waals surface area contributed by atoms with Gasteiger partial charge in [-0.3, -0.25) is 9.78 Å². The second-order valence-corrected chi connectivity index (χ2v) is 4.01. The molecular formula is C14H10F3NO2. The number of benzene rings is 1. The lowest BCUT2D eigenvalue weighted by atomic mass is 10.1. The second kappa shape index (κ2) is 5.73. The zero-order valence-electron chi connectivity index (χ0n) is 10.2. The summed E-state index contributed by atoms with van der Waals surface area (Å²) in [5.41, 5.74) is 0.915. The molecule has 20 heavy (non-hydrogen) atoms. The number of Topliss-reactive ketones (excluding diaryl/α,β-unsaturated/α-hetero) is 1. The number of halogens is 3. The van der Waals surface area contributed by atoms with Gasteiger partial charge in [-0.2, -0.15) is 0 Å². The number of rotatable bonds is 4. The van der Waals surface area contributed by atoms with Gasteiger partial charge in [-0.25, -0.2) is 0 Å². The van der Waals surface area contributed by atoms with Gasteiger partial charge in [-0.05, 0) is 29.8 Å². The molecule has 0 atom stereocenters. The van der Waals surface area contributed by atoms with Gasteiger partial charge in [0.2, 0.25) is 0 Å². The van der Waals surface area contributed by atoms with E-state index in [9.17, 15) is 18.0 Å². The average Bonchev–Trinajstić information content (AvgIpc) is 2.40. The van der Waals surface area contributed by atoms with Crippen molar-refractivity contribution in [3.8, 4) is 5.75 Å². The Morgan fingerprint density at radius 3 is 2.35 bits per heavy atom. The third-order valence-electron chi connectivity index (χ3n) is 2.47. The normalized spacial score (nSPS) is 11.2. The molecule has 3 nitrogen and oxygen atoms in total. The molecule has 0 saturated carbocycles. The van der Waals surface area contributed by atoms with Gasteiger partial charge >= 0.3 is 6.36 Å². The van der Waals surface area contributed by atoms with Crippen molar-refractivity contribution in [2.45, 2.75) is 12.8 Å². The molecule has 0 N–H and O–H groups in total. The van der Waals surface area contributed by atoms with Crippen LogP contribution in [0.1, 0.15) is 16.1 Å². The number of carbonyl (C=O) groups excluding carboxylic acids is 1. The predicted molar refractivity (Wildman–Crippen MR) is 65.4 cm³/mol. The Bertz CT molecular complexity index is 580. The summed E-state index contributed by atoms with van der Waals surface area (Å²) in [4.78, 5) is 15.8. The van der Waals surface area contributed by atoms with Crippen LogP contribution >= 0.6 is 0 Å². The Morgan fingerprint density at radius 1 is 1.10 bits per heavy atom. The van der Waals surface area contributed by atoms with Gasteiger partial charge < -0.3 is 4.74 Å². The standard InChI is InChI=1S/C14H10F3NO2/c15-14(16,17)20-11-6-4-10(5-7-11)9-13(19)12-3-1-2-8-18-12/h1-8H,9H2. The van der Waals surface area contributed by atoms with Crippen LogP contribution in [0.25, 0.3) is 0 Å². The van der Waals surface area contributed by atoms with E-state index in [4.69, 9.17) is 0 Å². The van der Waals surface area contributed by atoms with Crippen LogP contribution in [0, 0.1) is 0 Å². The molecule has 0 fully saturated rings. The van der Waals surface area contributed by atoms with E-state index >= 15 is 0 Å². The Balaban J connectivity index is 2.02. The van der Waals surface area contributed by atoms with Crippen molar-refractivity contribution in [2.24, 2.45) is 0 Å². The van der Waals surface area contributed by atoms with E-state index in [1.807, 2.05) is 0 Å². The van der Waals surface area contributed by atoms with Crippen LogP contribution in [0.3, 0.4) is 0 Å². The molecule has 0 amide bonds. The molecule has 2 rings (SSSR count). The minimum atomic E-state index is -4.72. The van der Waals surface area contributed by atoms with Crippen molar-refractivity contribution in [3.05, 3.63) is 59.9 Å². The first kappa shape index (κ1) is 14.0. The number of carbonyl (C=O) groups is 1. The van der Waals surface area contributed by atoms with Crippen molar-refractivity contribution in [1.82, 2.24) is 4.98 Å². The Morgan fingerprint density at radius 2 is 1.80 bits per heavy atom. The van der Waals surface area contributed by atoms with Gasteiger partial charge in [0.05, 0.1) is 0 Å². The highest BCUT2D eigenvalue weighted by atomic mass is 19.4. The number of hydrogen-bond donors (Lipinski definition) is 0. The number of ether oxygens (including phenoxy) is 1. The summed E-state index contributed by atoms with van der Waals surface area (Å²) >= 11 is 0. The highest BCUT2D eigenvalue weighted by Gasteiger charge is 2.30. The van der Waals surface area contributed by atoms with Gasteiger partial charge in [0.15, 0.2) is 5.78 Å². The second-order valence-electron chi connectivity index (χ2n) is 4.01. The molecule has 1 heterocycles. The topological polar surface area (TPSA) is 39.2 Å². The lowest BCUT2D eigenvalue weighted by molar-refractivity contribution is -0.274. The van der Waals surface area contributed by atoms with E-state index in [0.29, 0.717) is 11.3 Å². The molecule has 1 aromatic heterocycles. The number of hydrogen-bond acceptors (Lipinski definition) is 3. The van der Waals surface area contributed by atoms with Crippen LogP contribution in [-0.4, -0.2) is 17.1 Å². The summed E-state index contributed by atoms with van der Waals surface area (Å²) in [5.74, 6) is -0.512. The maximum Gasteiger partial charge on any atom is 0.573 e. The molecule has 2 aromatic rings. The first-order valence-electron chi connectivity index (χ1n) is 5.73. The van der Waals surface area contributed by atoms with E-state index in [1.54, 1.807) is 18.2 Å². The molecule has 104 valence electrons. The maximum atomic E-state index is 12.0. The number of nitrogens with zero attached hydrogens (tertiary/aromatic N) is 1. The molecule has 0 spiro atoms. The van der Waals surface area contributed by atoms with Gasteiger partial charge in [0.25, 0.3) is 0 Å². The lowest BCUT2D eigenvalue weighted by Gasteiger charge is -2.09. The van der Waals surface area contributed by atoms with Crippen molar-refractivity contribution in [2.75, 3.05) is 0 Å². The van der Waals surface area contributed by atoms with Crippen LogP contribution in [0.5, 0.6) is 5.75 Å². The molecule has 0 aliphatic heterocycles. The monoisotopic (exact) mass is 281 g/mol. The molecule has 0 radical (unpaired) electrons. The SMILES string of the molecule is O=C(Cc1ccc(OC(F)(F)F)cc1)c1ccccn1. The minimum Gasteiger partial charge on any atom is -0.406 e. The maximum absolute atomic E-state index is 12.0. The van der Waals surface area contributed by atoms with Crippen LogP contribution in [0.4, 0.5) is 13.2 Å². The van der Waals surface area contributed by atoms with E-state index < -0.39 is 6.36 Å². The first-order chi connectivity index (χ1) is 9.44. The fourth-order valence-corrected chi connectivity index (χ4v) is 1.61. The van der Waals surface area contributed by atoms with E-state index in [0.717, 1.165) is 0 Å². The van der Waals surface area contributed by atoms with Crippen LogP contribution in [0.2, 0.25) is 0 Å². The highest BCUT2D eigenvalue weighted by molar-refractivity contribution is 5.95. The van der Waals surface area contributed by atoms with E-state index in [2.05, 4.69) is 9.72 Å². The molecule has 1 aromatic carbocycles. The smallest absolute Gasteiger partial charge is 0.406 e. The van der Waals surface area contributed by atoms with Crippen molar-refractivity contribution in [3.63, 3.8) is 0 Å². The van der Waals surface area contributed by atoms with Gasteiger partial charge in [0.1, 0.15) is 11.4 Å². The van der Waals surface area contributed by atoms with Crippen molar-refractivity contribution < 1.29 is 22.7 Å². The Hall–Kier alpha value is -2.37.